The van der Waals surface area contributed by atoms with Crippen LogP contribution in [0.25, 0.3) is 10.3 Å². The Morgan fingerprint density at radius 1 is 1.24 bits per heavy atom. The third-order valence-corrected chi connectivity index (χ3v) is 7.11. The summed E-state index contributed by atoms with van der Waals surface area (Å²) >= 11 is 7.20. The summed E-state index contributed by atoms with van der Waals surface area (Å²) in [5.41, 5.74) is 0.598. The van der Waals surface area contributed by atoms with Gasteiger partial charge in [0.05, 0.1) is 5.92 Å². The number of piperidine rings is 1. The van der Waals surface area contributed by atoms with Crippen LogP contribution in [0.1, 0.15) is 25.7 Å². The largest absolute Gasteiger partial charge is 0.353 e. The molecular formula is C22H23ClN6O3S. The summed E-state index contributed by atoms with van der Waals surface area (Å²) < 4.78 is 1.67. The third-order valence-electron chi connectivity index (χ3n) is 5.78. The van der Waals surface area contributed by atoms with Gasteiger partial charge in [-0.05, 0) is 43.9 Å². The van der Waals surface area contributed by atoms with Gasteiger partial charge in [-0.2, -0.15) is 4.98 Å². The first-order valence-electron chi connectivity index (χ1n) is 10.9. The van der Waals surface area contributed by atoms with Crippen molar-refractivity contribution in [1.82, 2.24) is 19.9 Å². The van der Waals surface area contributed by atoms with Gasteiger partial charge in [0.1, 0.15) is 17.6 Å². The van der Waals surface area contributed by atoms with Crippen molar-refractivity contribution >= 4 is 55.9 Å². The summed E-state index contributed by atoms with van der Waals surface area (Å²) in [5, 5.41) is 7.00. The smallest absolute Gasteiger partial charge is 0.273 e. The second kappa shape index (κ2) is 9.11. The van der Waals surface area contributed by atoms with Crippen LogP contribution in [-0.4, -0.2) is 45.5 Å². The molecule has 2 fully saturated rings. The molecule has 1 aromatic carbocycles. The van der Waals surface area contributed by atoms with E-state index in [2.05, 4.69) is 25.5 Å². The molecule has 1 aliphatic heterocycles. The molecule has 3 heterocycles. The second-order valence-corrected chi connectivity index (χ2v) is 9.87. The average Bonchev–Trinajstić information content (AvgIpc) is 3.50. The van der Waals surface area contributed by atoms with E-state index >= 15 is 0 Å². The molecule has 1 saturated heterocycles. The highest BCUT2D eigenvalue weighted by Gasteiger charge is 2.31. The number of benzene rings is 1. The van der Waals surface area contributed by atoms with E-state index in [0.717, 1.165) is 32.2 Å². The number of aromatic nitrogens is 3. The van der Waals surface area contributed by atoms with Gasteiger partial charge in [-0.1, -0.05) is 29.0 Å². The van der Waals surface area contributed by atoms with Crippen LogP contribution in [0.3, 0.4) is 0 Å². The van der Waals surface area contributed by atoms with Gasteiger partial charge < -0.3 is 15.5 Å². The summed E-state index contributed by atoms with van der Waals surface area (Å²) in [5.74, 6) is -0.327. The van der Waals surface area contributed by atoms with Crippen molar-refractivity contribution in [3.05, 3.63) is 46.0 Å². The predicted octanol–water partition coefficient (Wildman–Crippen LogP) is 2.64. The van der Waals surface area contributed by atoms with Crippen molar-refractivity contribution in [2.24, 2.45) is 5.92 Å². The molecule has 3 aromatic rings. The molecular weight excluding hydrogens is 464 g/mol. The van der Waals surface area contributed by atoms with Gasteiger partial charge in [-0.25, -0.2) is 4.98 Å². The van der Waals surface area contributed by atoms with Crippen molar-refractivity contribution in [1.29, 1.82) is 0 Å². The lowest BCUT2D eigenvalue weighted by molar-refractivity contribution is -0.125. The van der Waals surface area contributed by atoms with Crippen LogP contribution < -0.4 is 21.1 Å². The molecule has 2 N–H and O–H groups in total. The minimum atomic E-state index is -0.356. The van der Waals surface area contributed by atoms with E-state index in [1.807, 2.05) is 0 Å². The Bertz CT molecular complexity index is 1270. The topological polar surface area (TPSA) is 109 Å². The van der Waals surface area contributed by atoms with E-state index in [-0.39, 0.29) is 29.8 Å². The fraction of sp³-hybridized carbons (Fsp3) is 0.409. The Balaban J connectivity index is 1.30. The quantitative estimate of drug-likeness (QED) is 0.554. The van der Waals surface area contributed by atoms with Gasteiger partial charge in [-0.15, -0.1) is 0 Å². The van der Waals surface area contributed by atoms with Crippen LogP contribution in [0.15, 0.2) is 35.4 Å². The third kappa shape index (κ3) is 5.01. The summed E-state index contributed by atoms with van der Waals surface area (Å²) in [7, 11) is 0. The molecule has 33 heavy (non-hydrogen) atoms. The highest BCUT2D eigenvalue weighted by atomic mass is 35.5. The number of fused-ring (bicyclic) bond motifs is 1. The molecule has 2 aliphatic rings. The maximum atomic E-state index is 13.0. The molecule has 11 heteroatoms. The number of thiazole rings is 1. The predicted molar refractivity (Wildman–Crippen MR) is 128 cm³/mol. The fourth-order valence-electron chi connectivity index (χ4n) is 3.92. The molecule has 9 nitrogen and oxygen atoms in total. The van der Waals surface area contributed by atoms with E-state index < -0.39 is 0 Å². The van der Waals surface area contributed by atoms with Crippen molar-refractivity contribution in [2.75, 3.05) is 23.3 Å². The van der Waals surface area contributed by atoms with E-state index in [1.165, 1.54) is 22.2 Å². The lowest BCUT2D eigenvalue weighted by Gasteiger charge is -2.31. The number of carbonyl (C=O) groups excluding carboxylic acids is 2. The maximum Gasteiger partial charge on any atom is 0.273 e. The first kappa shape index (κ1) is 21.8. The first-order chi connectivity index (χ1) is 16.0. The zero-order chi connectivity index (χ0) is 22.9. The van der Waals surface area contributed by atoms with Gasteiger partial charge in [0.2, 0.25) is 11.8 Å². The van der Waals surface area contributed by atoms with Crippen LogP contribution in [0.2, 0.25) is 5.02 Å². The Hall–Kier alpha value is -2.98. The number of hydrogen-bond donors (Lipinski definition) is 2. The normalized spacial score (nSPS) is 18.3. The lowest BCUT2D eigenvalue weighted by atomic mass is 9.97. The number of halogens is 1. The number of carbonyl (C=O) groups is 2. The fourth-order valence-corrected chi connectivity index (χ4v) is 5.11. The molecule has 172 valence electrons. The molecule has 0 bridgehead atoms. The Morgan fingerprint density at radius 2 is 2.09 bits per heavy atom. The highest BCUT2D eigenvalue weighted by molar-refractivity contribution is 7.22. The molecule has 1 aliphatic carbocycles. The lowest BCUT2D eigenvalue weighted by Crippen LogP contribution is -2.43. The average molecular weight is 487 g/mol. The number of nitrogens with one attached hydrogen (secondary N) is 2. The Morgan fingerprint density at radius 3 is 2.88 bits per heavy atom. The van der Waals surface area contributed by atoms with Gasteiger partial charge in [0, 0.05) is 29.8 Å². The van der Waals surface area contributed by atoms with Gasteiger partial charge in [0.15, 0.2) is 10.8 Å². The number of rotatable bonds is 6. The summed E-state index contributed by atoms with van der Waals surface area (Å²) in [6.45, 7) is 1.19. The van der Waals surface area contributed by atoms with Crippen molar-refractivity contribution < 1.29 is 9.59 Å². The molecule has 2 aromatic heterocycles. The molecule has 5 rings (SSSR count). The van der Waals surface area contributed by atoms with E-state index in [9.17, 15) is 14.4 Å². The molecule has 2 amide bonds. The van der Waals surface area contributed by atoms with Crippen LogP contribution in [0, 0.1) is 5.92 Å². The first-order valence-corrected chi connectivity index (χ1v) is 12.1. The van der Waals surface area contributed by atoms with Crippen LogP contribution in [0.5, 0.6) is 0 Å². The Labute approximate surface area is 198 Å². The molecule has 1 atom stereocenters. The summed E-state index contributed by atoms with van der Waals surface area (Å²) in [4.78, 5) is 48.8. The zero-order valence-corrected chi connectivity index (χ0v) is 19.4. The highest BCUT2D eigenvalue weighted by Crippen LogP contribution is 2.30. The number of nitrogens with zero attached hydrogens (tertiary/aromatic N) is 4. The molecule has 0 radical (unpaired) electrons. The van der Waals surface area contributed by atoms with Crippen LogP contribution in [0.4, 0.5) is 10.8 Å². The second-order valence-electron chi connectivity index (χ2n) is 8.45. The van der Waals surface area contributed by atoms with E-state index in [1.54, 1.807) is 24.3 Å². The minimum absolute atomic E-state index is 0.0776. The van der Waals surface area contributed by atoms with Crippen molar-refractivity contribution in [2.45, 2.75) is 38.3 Å². The van der Waals surface area contributed by atoms with Gasteiger partial charge in [0.25, 0.3) is 5.56 Å². The van der Waals surface area contributed by atoms with E-state index in [0.29, 0.717) is 38.8 Å². The van der Waals surface area contributed by atoms with Crippen LogP contribution >= 0.6 is 22.9 Å². The summed E-state index contributed by atoms with van der Waals surface area (Å²) in [6.07, 6.45) is 5.21. The molecule has 1 unspecified atom stereocenters. The molecule has 0 spiro atoms. The molecule has 1 saturated carbocycles. The minimum Gasteiger partial charge on any atom is -0.353 e. The monoisotopic (exact) mass is 486 g/mol. The zero-order valence-electron chi connectivity index (χ0n) is 17.8. The summed E-state index contributed by atoms with van der Waals surface area (Å²) in [6, 6.07) is 7.15. The maximum absolute atomic E-state index is 13.0. The van der Waals surface area contributed by atoms with E-state index in [4.69, 9.17) is 11.6 Å². The number of hydrogen-bond acceptors (Lipinski definition) is 7. The van der Waals surface area contributed by atoms with Crippen molar-refractivity contribution in [3.63, 3.8) is 0 Å². The van der Waals surface area contributed by atoms with Crippen molar-refractivity contribution in [3.8, 4) is 0 Å². The van der Waals surface area contributed by atoms with Gasteiger partial charge >= 0.3 is 0 Å². The number of amides is 2. The Kier molecular flexibility index (Phi) is 6.03. The van der Waals surface area contributed by atoms with Gasteiger partial charge in [-0.3, -0.25) is 19.0 Å². The standard InChI is InChI=1S/C22H23ClN6O3S/c23-14-4-1-5-16(9-14)25-17(30)11-29-12-24-19-18(21(29)32)33-22(27-19)28-8-2-3-13(10-28)20(31)26-15-6-7-15/h1,4-5,9,12-13,15H,2-3,6-8,10-11H2,(H,25,30)(H,26,31). The van der Waals surface area contributed by atoms with Crippen LogP contribution in [-0.2, 0) is 16.1 Å². The SMILES string of the molecule is O=C(Cn1cnc2nc(N3CCCC(C(=O)NC4CC4)C3)sc2c1=O)Nc1cccc(Cl)c1. The number of anilines is 2.